The van der Waals surface area contributed by atoms with Crippen molar-refractivity contribution in [2.24, 2.45) is 5.84 Å². The Kier molecular flexibility index (Phi) is 5.58. The van der Waals surface area contributed by atoms with Crippen molar-refractivity contribution in [1.82, 2.24) is 5.43 Å². The van der Waals surface area contributed by atoms with Gasteiger partial charge in [-0.2, -0.15) is 0 Å². The lowest BCUT2D eigenvalue weighted by Crippen LogP contribution is -2.30. The molecular formula is C15H15BrClFN2O. The zero-order chi connectivity index (χ0) is 15.4. The molecule has 2 aromatic carbocycles. The number of benzene rings is 2. The van der Waals surface area contributed by atoms with Crippen LogP contribution in [0.25, 0.3) is 0 Å². The smallest absolute Gasteiger partial charge is 0.137 e. The van der Waals surface area contributed by atoms with Gasteiger partial charge >= 0.3 is 0 Å². The molecule has 0 amide bonds. The van der Waals surface area contributed by atoms with Crippen LogP contribution in [-0.2, 0) is 6.42 Å². The monoisotopic (exact) mass is 372 g/mol. The van der Waals surface area contributed by atoms with Gasteiger partial charge in [0.2, 0.25) is 0 Å². The number of hydrazine groups is 1. The standard InChI is InChI=1S/C15H15BrClFN2O/c1-21-15-5-3-10(17)8-11(15)14(20-19)7-9-2-4-13(18)12(16)6-9/h2-6,8,14,20H,7,19H2,1H3. The summed E-state index contributed by atoms with van der Waals surface area (Å²) in [6.45, 7) is 0. The lowest BCUT2D eigenvalue weighted by atomic mass is 9.98. The highest BCUT2D eigenvalue weighted by Gasteiger charge is 2.16. The number of rotatable bonds is 5. The molecular weight excluding hydrogens is 359 g/mol. The molecule has 0 saturated heterocycles. The molecule has 6 heteroatoms. The van der Waals surface area contributed by atoms with E-state index in [2.05, 4.69) is 21.4 Å². The van der Waals surface area contributed by atoms with E-state index in [9.17, 15) is 4.39 Å². The largest absolute Gasteiger partial charge is 0.496 e. The van der Waals surface area contributed by atoms with Crippen molar-refractivity contribution in [2.75, 3.05) is 7.11 Å². The highest BCUT2D eigenvalue weighted by Crippen LogP contribution is 2.30. The Labute approximate surface area is 136 Å². The molecule has 3 N–H and O–H groups in total. The van der Waals surface area contributed by atoms with Gasteiger partial charge in [0.05, 0.1) is 17.6 Å². The highest BCUT2D eigenvalue weighted by atomic mass is 79.9. The fourth-order valence-electron chi connectivity index (χ4n) is 2.14. The number of halogens is 3. The Morgan fingerprint density at radius 2 is 2.10 bits per heavy atom. The molecule has 2 rings (SSSR count). The van der Waals surface area contributed by atoms with Gasteiger partial charge in [-0.1, -0.05) is 17.7 Å². The van der Waals surface area contributed by atoms with Crippen LogP contribution in [0.15, 0.2) is 40.9 Å². The maximum Gasteiger partial charge on any atom is 0.137 e. The first-order valence-electron chi connectivity index (χ1n) is 6.28. The van der Waals surface area contributed by atoms with Gasteiger partial charge in [0.1, 0.15) is 11.6 Å². The molecule has 3 nitrogen and oxygen atoms in total. The first-order valence-corrected chi connectivity index (χ1v) is 7.45. The van der Waals surface area contributed by atoms with Crippen LogP contribution in [0.5, 0.6) is 5.75 Å². The van der Waals surface area contributed by atoms with Crippen molar-refractivity contribution in [3.8, 4) is 5.75 Å². The van der Waals surface area contributed by atoms with E-state index in [1.54, 1.807) is 31.4 Å². The van der Waals surface area contributed by atoms with Crippen molar-refractivity contribution in [2.45, 2.75) is 12.5 Å². The normalized spacial score (nSPS) is 12.2. The Hall–Kier alpha value is -1.14. The molecule has 0 radical (unpaired) electrons. The molecule has 1 atom stereocenters. The van der Waals surface area contributed by atoms with Crippen molar-refractivity contribution in [3.63, 3.8) is 0 Å². The van der Waals surface area contributed by atoms with E-state index in [1.165, 1.54) is 6.07 Å². The summed E-state index contributed by atoms with van der Waals surface area (Å²) in [6, 6.07) is 10.0. The van der Waals surface area contributed by atoms with Gasteiger partial charge in [0, 0.05) is 10.6 Å². The minimum atomic E-state index is -0.295. The second kappa shape index (κ2) is 7.22. The molecule has 0 aromatic heterocycles. The lowest BCUT2D eigenvalue weighted by Gasteiger charge is -2.19. The Morgan fingerprint density at radius 3 is 2.71 bits per heavy atom. The highest BCUT2D eigenvalue weighted by molar-refractivity contribution is 9.10. The third-order valence-electron chi connectivity index (χ3n) is 3.19. The zero-order valence-corrected chi connectivity index (χ0v) is 13.7. The number of nitrogens with one attached hydrogen (secondary N) is 1. The van der Waals surface area contributed by atoms with Crippen molar-refractivity contribution >= 4 is 27.5 Å². The third kappa shape index (κ3) is 3.95. The molecule has 0 spiro atoms. The van der Waals surface area contributed by atoms with Gasteiger partial charge < -0.3 is 4.74 Å². The van der Waals surface area contributed by atoms with Crippen LogP contribution < -0.4 is 16.0 Å². The average molecular weight is 374 g/mol. The number of methoxy groups -OCH3 is 1. The summed E-state index contributed by atoms with van der Waals surface area (Å²) in [7, 11) is 1.59. The van der Waals surface area contributed by atoms with Crippen LogP contribution >= 0.6 is 27.5 Å². The molecule has 112 valence electrons. The van der Waals surface area contributed by atoms with Crippen molar-refractivity contribution in [1.29, 1.82) is 0 Å². The summed E-state index contributed by atoms with van der Waals surface area (Å²) in [5.41, 5.74) is 4.55. The van der Waals surface area contributed by atoms with Gasteiger partial charge in [0.15, 0.2) is 0 Å². The average Bonchev–Trinajstić information content (AvgIpc) is 2.48. The molecule has 0 aliphatic rings. The van der Waals surface area contributed by atoms with E-state index in [4.69, 9.17) is 22.2 Å². The van der Waals surface area contributed by atoms with Gasteiger partial charge in [-0.05, 0) is 58.2 Å². The van der Waals surface area contributed by atoms with Gasteiger partial charge in [-0.3, -0.25) is 11.3 Å². The molecule has 0 heterocycles. The van der Waals surface area contributed by atoms with Crippen molar-refractivity contribution in [3.05, 3.63) is 62.8 Å². The van der Waals surface area contributed by atoms with Gasteiger partial charge in [-0.15, -0.1) is 0 Å². The van der Waals surface area contributed by atoms with Gasteiger partial charge in [0.25, 0.3) is 0 Å². The summed E-state index contributed by atoms with van der Waals surface area (Å²) in [6.07, 6.45) is 0.575. The molecule has 2 aromatic rings. The minimum absolute atomic E-state index is 0.198. The van der Waals surface area contributed by atoms with E-state index in [0.717, 1.165) is 11.1 Å². The molecule has 0 bridgehead atoms. The number of nitrogens with two attached hydrogens (primary N) is 1. The van der Waals surface area contributed by atoms with Gasteiger partial charge in [-0.25, -0.2) is 4.39 Å². The zero-order valence-electron chi connectivity index (χ0n) is 11.4. The predicted octanol–water partition coefficient (Wildman–Crippen LogP) is 4.00. The van der Waals surface area contributed by atoms with E-state index < -0.39 is 0 Å². The number of hydrogen-bond donors (Lipinski definition) is 2. The van der Waals surface area contributed by atoms with Crippen LogP contribution in [0.2, 0.25) is 5.02 Å². The fraction of sp³-hybridized carbons (Fsp3) is 0.200. The second-order valence-electron chi connectivity index (χ2n) is 4.56. The Balaban J connectivity index is 2.31. The van der Waals surface area contributed by atoms with Crippen LogP contribution in [0.1, 0.15) is 17.2 Å². The Morgan fingerprint density at radius 1 is 1.33 bits per heavy atom. The molecule has 0 aliphatic carbocycles. The first kappa shape index (κ1) is 16.2. The van der Waals surface area contributed by atoms with E-state index in [0.29, 0.717) is 21.7 Å². The first-order chi connectivity index (χ1) is 10.0. The third-order valence-corrected chi connectivity index (χ3v) is 4.03. The molecule has 1 unspecified atom stereocenters. The van der Waals surface area contributed by atoms with E-state index >= 15 is 0 Å². The lowest BCUT2D eigenvalue weighted by molar-refractivity contribution is 0.399. The fourth-order valence-corrected chi connectivity index (χ4v) is 2.75. The molecule has 0 fully saturated rings. The maximum absolute atomic E-state index is 13.3. The van der Waals surface area contributed by atoms with Crippen LogP contribution in [0.3, 0.4) is 0 Å². The quantitative estimate of drug-likeness (QED) is 0.615. The summed E-state index contributed by atoms with van der Waals surface area (Å²) in [5, 5.41) is 0.603. The minimum Gasteiger partial charge on any atom is -0.496 e. The summed E-state index contributed by atoms with van der Waals surface area (Å²) >= 11 is 9.22. The predicted molar refractivity (Wildman–Crippen MR) is 85.9 cm³/mol. The SMILES string of the molecule is COc1ccc(Cl)cc1C(Cc1ccc(F)c(Br)c1)NN. The summed E-state index contributed by atoms with van der Waals surface area (Å²) in [4.78, 5) is 0. The number of ether oxygens (including phenoxy) is 1. The number of hydrogen-bond acceptors (Lipinski definition) is 3. The summed E-state index contributed by atoms with van der Waals surface area (Å²) < 4.78 is 19.1. The topological polar surface area (TPSA) is 47.3 Å². The second-order valence-corrected chi connectivity index (χ2v) is 5.85. The van der Waals surface area contributed by atoms with Crippen LogP contribution in [0, 0.1) is 5.82 Å². The Bertz CT molecular complexity index is 639. The van der Waals surface area contributed by atoms with Crippen LogP contribution in [0.4, 0.5) is 4.39 Å². The summed E-state index contributed by atoms with van der Waals surface area (Å²) in [5.74, 6) is 6.06. The maximum atomic E-state index is 13.3. The molecule has 21 heavy (non-hydrogen) atoms. The van der Waals surface area contributed by atoms with E-state index in [1.807, 2.05) is 6.07 Å². The van der Waals surface area contributed by atoms with Crippen molar-refractivity contribution < 1.29 is 9.13 Å². The molecule has 0 aliphatic heterocycles. The van der Waals surface area contributed by atoms with Crippen LogP contribution in [-0.4, -0.2) is 7.11 Å². The molecule has 0 saturated carbocycles. The van der Waals surface area contributed by atoms with E-state index in [-0.39, 0.29) is 11.9 Å².